The van der Waals surface area contributed by atoms with Gasteiger partial charge in [-0.05, 0) is 37.5 Å². The molecule has 1 aromatic carbocycles. The minimum Gasteiger partial charge on any atom is -0.490 e. The maximum atomic E-state index is 12.7. The summed E-state index contributed by atoms with van der Waals surface area (Å²) in [6, 6.07) is 5.78. The highest BCUT2D eigenvalue weighted by atomic mass is 32.1. The van der Waals surface area contributed by atoms with Crippen LogP contribution in [-0.4, -0.2) is 24.1 Å². The smallest absolute Gasteiger partial charge is 0.226 e. The number of thiazole rings is 1. The number of hydrogen-bond acceptors (Lipinski definition) is 5. The number of nitrogens with one attached hydrogen (secondary N) is 1. The first-order valence-electron chi connectivity index (χ1n) is 9.98. The van der Waals surface area contributed by atoms with E-state index in [-0.39, 0.29) is 17.9 Å². The summed E-state index contributed by atoms with van der Waals surface area (Å²) in [6.45, 7) is 13.5. The molecule has 28 heavy (non-hydrogen) atoms. The second-order valence-corrected chi connectivity index (χ2v) is 8.26. The molecule has 1 unspecified atom stereocenters. The predicted molar refractivity (Wildman–Crippen MR) is 114 cm³/mol. The van der Waals surface area contributed by atoms with Crippen LogP contribution in [0.15, 0.2) is 23.6 Å². The highest BCUT2D eigenvalue weighted by Crippen LogP contribution is 2.33. The third-order valence-electron chi connectivity index (χ3n) is 4.31. The quantitative estimate of drug-likeness (QED) is 0.597. The zero-order valence-electron chi connectivity index (χ0n) is 17.7. The molecular weight excluding hydrogens is 372 g/mol. The van der Waals surface area contributed by atoms with Gasteiger partial charge in [-0.3, -0.25) is 4.79 Å². The Labute approximate surface area is 172 Å². The number of nitrogens with zero attached hydrogens (tertiary/aromatic N) is 1. The molecule has 2 rings (SSSR count). The molecule has 1 aromatic heterocycles. The highest BCUT2D eigenvalue weighted by molar-refractivity contribution is 7.09. The Hall–Kier alpha value is -2.08. The molecule has 0 radical (unpaired) electrons. The van der Waals surface area contributed by atoms with Crippen LogP contribution >= 0.6 is 11.3 Å². The third-order valence-corrected chi connectivity index (χ3v) is 5.51. The maximum absolute atomic E-state index is 12.7. The van der Waals surface area contributed by atoms with Gasteiger partial charge in [0.25, 0.3) is 0 Å². The molecule has 2 aromatic rings. The van der Waals surface area contributed by atoms with E-state index in [4.69, 9.17) is 9.47 Å². The van der Waals surface area contributed by atoms with Crippen LogP contribution < -0.4 is 14.8 Å². The largest absolute Gasteiger partial charge is 0.490 e. The van der Waals surface area contributed by atoms with E-state index in [0.717, 1.165) is 22.0 Å². The van der Waals surface area contributed by atoms with Crippen LogP contribution in [0.5, 0.6) is 11.5 Å². The Morgan fingerprint density at radius 1 is 1.11 bits per heavy atom. The molecule has 0 saturated carbocycles. The van der Waals surface area contributed by atoms with Gasteiger partial charge in [0.2, 0.25) is 5.91 Å². The Bertz CT molecular complexity index is 771. The standard InChI is InChI=1S/C22H32N2O3S/c1-7-26-18-10-9-16(11-19(18)27-8-2)21(14(3)4)24-20(25)12-17-13-28-22(23-17)15(5)6/h9-11,13-15,21H,7-8,12H2,1-6H3,(H,24,25). The predicted octanol–water partition coefficient (Wildman–Crippen LogP) is 5.12. The van der Waals surface area contributed by atoms with Gasteiger partial charge >= 0.3 is 0 Å². The molecule has 0 aliphatic rings. The first-order valence-corrected chi connectivity index (χ1v) is 10.9. The van der Waals surface area contributed by atoms with E-state index in [1.54, 1.807) is 11.3 Å². The summed E-state index contributed by atoms with van der Waals surface area (Å²) >= 11 is 1.61. The van der Waals surface area contributed by atoms with Crippen molar-refractivity contribution in [1.29, 1.82) is 0 Å². The van der Waals surface area contributed by atoms with E-state index in [1.165, 1.54) is 0 Å². The number of aromatic nitrogens is 1. The number of carbonyl (C=O) groups excluding carboxylic acids is 1. The lowest BCUT2D eigenvalue weighted by molar-refractivity contribution is -0.121. The number of hydrogen-bond donors (Lipinski definition) is 1. The van der Waals surface area contributed by atoms with Crippen molar-refractivity contribution >= 4 is 17.2 Å². The van der Waals surface area contributed by atoms with Gasteiger partial charge in [0, 0.05) is 11.3 Å². The number of carbonyl (C=O) groups is 1. The van der Waals surface area contributed by atoms with Gasteiger partial charge < -0.3 is 14.8 Å². The van der Waals surface area contributed by atoms with Crippen molar-refractivity contribution in [2.45, 2.75) is 59.9 Å². The summed E-state index contributed by atoms with van der Waals surface area (Å²) in [5.74, 6) is 2.03. The lowest BCUT2D eigenvalue weighted by Crippen LogP contribution is -2.33. The second kappa shape index (κ2) is 10.5. The maximum Gasteiger partial charge on any atom is 0.226 e. The molecule has 6 heteroatoms. The van der Waals surface area contributed by atoms with Crippen LogP contribution in [-0.2, 0) is 11.2 Å². The zero-order chi connectivity index (χ0) is 20.7. The first kappa shape index (κ1) is 22.2. The molecule has 0 aliphatic heterocycles. The van der Waals surface area contributed by atoms with E-state index >= 15 is 0 Å². The Morgan fingerprint density at radius 2 is 1.79 bits per heavy atom. The molecule has 1 heterocycles. The van der Waals surface area contributed by atoms with Crippen LogP contribution in [0.2, 0.25) is 0 Å². The fraction of sp³-hybridized carbons (Fsp3) is 0.545. The first-order chi connectivity index (χ1) is 13.3. The fourth-order valence-corrected chi connectivity index (χ4v) is 3.79. The van der Waals surface area contributed by atoms with Crippen LogP contribution in [0.4, 0.5) is 0 Å². The van der Waals surface area contributed by atoms with Gasteiger partial charge in [-0.2, -0.15) is 0 Å². The summed E-state index contributed by atoms with van der Waals surface area (Å²) in [5.41, 5.74) is 1.84. The molecule has 0 fully saturated rings. The Balaban J connectivity index is 2.15. The average molecular weight is 405 g/mol. The van der Waals surface area contributed by atoms with Crippen molar-refractivity contribution in [3.63, 3.8) is 0 Å². The molecule has 0 saturated heterocycles. The molecule has 1 N–H and O–H groups in total. The zero-order valence-corrected chi connectivity index (χ0v) is 18.6. The summed E-state index contributed by atoms with van der Waals surface area (Å²) < 4.78 is 11.4. The van der Waals surface area contributed by atoms with Gasteiger partial charge in [0.15, 0.2) is 11.5 Å². The molecule has 154 valence electrons. The van der Waals surface area contributed by atoms with Crippen LogP contribution in [0, 0.1) is 5.92 Å². The molecule has 0 spiro atoms. The Kier molecular flexibility index (Phi) is 8.30. The van der Waals surface area contributed by atoms with Crippen molar-refractivity contribution in [3.05, 3.63) is 39.8 Å². The van der Waals surface area contributed by atoms with E-state index in [1.807, 2.05) is 37.4 Å². The average Bonchev–Trinajstić information content (AvgIpc) is 3.10. The fourth-order valence-electron chi connectivity index (χ4n) is 2.95. The summed E-state index contributed by atoms with van der Waals surface area (Å²) in [6.07, 6.45) is 0.293. The topological polar surface area (TPSA) is 60.5 Å². The molecule has 1 amide bonds. The van der Waals surface area contributed by atoms with Crippen molar-refractivity contribution < 1.29 is 14.3 Å². The number of benzene rings is 1. The monoisotopic (exact) mass is 404 g/mol. The summed E-state index contributed by atoms with van der Waals surface area (Å²) in [4.78, 5) is 17.2. The van der Waals surface area contributed by atoms with E-state index in [0.29, 0.717) is 31.3 Å². The van der Waals surface area contributed by atoms with E-state index in [9.17, 15) is 4.79 Å². The summed E-state index contributed by atoms with van der Waals surface area (Å²) in [5, 5.41) is 6.21. The molecule has 5 nitrogen and oxygen atoms in total. The van der Waals surface area contributed by atoms with Crippen molar-refractivity contribution in [1.82, 2.24) is 10.3 Å². The Morgan fingerprint density at radius 3 is 2.36 bits per heavy atom. The van der Waals surface area contributed by atoms with Gasteiger partial charge in [0.1, 0.15) is 0 Å². The van der Waals surface area contributed by atoms with Crippen molar-refractivity contribution in [2.24, 2.45) is 5.92 Å². The SMILES string of the molecule is CCOc1ccc(C(NC(=O)Cc2csc(C(C)C)n2)C(C)C)cc1OCC. The molecule has 1 atom stereocenters. The minimum absolute atomic E-state index is 0.0221. The lowest BCUT2D eigenvalue weighted by atomic mass is 9.95. The van der Waals surface area contributed by atoms with E-state index in [2.05, 4.69) is 38.0 Å². The highest BCUT2D eigenvalue weighted by Gasteiger charge is 2.21. The van der Waals surface area contributed by atoms with Gasteiger partial charge in [-0.25, -0.2) is 4.98 Å². The second-order valence-electron chi connectivity index (χ2n) is 7.37. The third kappa shape index (κ3) is 5.96. The van der Waals surface area contributed by atoms with Gasteiger partial charge in [0.05, 0.1) is 36.4 Å². The van der Waals surface area contributed by atoms with Gasteiger partial charge in [-0.15, -0.1) is 11.3 Å². The molecule has 0 bridgehead atoms. The van der Waals surface area contributed by atoms with E-state index < -0.39 is 0 Å². The van der Waals surface area contributed by atoms with Crippen molar-refractivity contribution in [2.75, 3.05) is 13.2 Å². The lowest BCUT2D eigenvalue weighted by Gasteiger charge is -2.24. The number of rotatable bonds is 10. The molecular formula is C22H32N2O3S. The van der Waals surface area contributed by atoms with Gasteiger partial charge in [-0.1, -0.05) is 33.8 Å². The number of amides is 1. The van der Waals surface area contributed by atoms with Crippen molar-refractivity contribution in [3.8, 4) is 11.5 Å². The molecule has 0 aliphatic carbocycles. The van der Waals surface area contributed by atoms with Crippen LogP contribution in [0.3, 0.4) is 0 Å². The minimum atomic E-state index is -0.106. The number of ether oxygens (including phenoxy) is 2. The van der Waals surface area contributed by atoms with Crippen LogP contribution in [0.1, 0.15) is 69.8 Å². The van der Waals surface area contributed by atoms with Crippen LogP contribution in [0.25, 0.3) is 0 Å². The summed E-state index contributed by atoms with van der Waals surface area (Å²) in [7, 11) is 0. The normalized spacial score (nSPS) is 12.3.